The van der Waals surface area contributed by atoms with Crippen molar-refractivity contribution in [3.05, 3.63) is 56.1 Å². The lowest BCUT2D eigenvalue weighted by Gasteiger charge is -2.34. The standard InChI is InChI=1S/C21H24BrIN2O3S/c1-2-5-17-6-3-4-13-25(17)29(27,28)18-10-8-16(9-11-18)24-21(26)15-7-12-19(22)20(23)14-15/h7-12,14,17H,2-6,13H2,1H3,(H,24,26)/t17-/m0/s1. The molecule has 1 N–H and O–H groups in total. The smallest absolute Gasteiger partial charge is 0.255 e. The minimum Gasteiger partial charge on any atom is -0.322 e. The van der Waals surface area contributed by atoms with Gasteiger partial charge in [-0.15, -0.1) is 0 Å². The molecule has 1 aliphatic rings. The minimum atomic E-state index is -3.53. The molecular formula is C21H24BrIN2O3S. The van der Waals surface area contributed by atoms with E-state index in [9.17, 15) is 13.2 Å². The van der Waals surface area contributed by atoms with Crippen LogP contribution < -0.4 is 5.32 Å². The molecule has 1 aliphatic heterocycles. The number of halogens is 2. The number of rotatable bonds is 6. The summed E-state index contributed by atoms with van der Waals surface area (Å²) in [7, 11) is -3.53. The molecule has 0 aromatic heterocycles. The van der Waals surface area contributed by atoms with Crippen molar-refractivity contribution in [2.75, 3.05) is 11.9 Å². The number of benzene rings is 2. The van der Waals surface area contributed by atoms with E-state index in [1.54, 1.807) is 40.7 Å². The molecule has 0 unspecified atom stereocenters. The summed E-state index contributed by atoms with van der Waals surface area (Å²) in [5.74, 6) is -0.231. The van der Waals surface area contributed by atoms with Crippen LogP contribution >= 0.6 is 38.5 Å². The summed E-state index contributed by atoms with van der Waals surface area (Å²) < 4.78 is 29.8. The van der Waals surface area contributed by atoms with Gasteiger partial charge in [-0.2, -0.15) is 4.31 Å². The van der Waals surface area contributed by atoms with Gasteiger partial charge < -0.3 is 5.32 Å². The maximum Gasteiger partial charge on any atom is 0.255 e. The van der Waals surface area contributed by atoms with Gasteiger partial charge in [-0.1, -0.05) is 19.8 Å². The highest BCUT2D eigenvalue weighted by atomic mass is 127. The van der Waals surface area contributed by atoms with E-state index >= 15 is 0 Å². The van der Waals surface area contributed by atoms with Crippen LogP contribution in [0.3, 0.4) is 0 Å². The fraction of sp³-hybridized carbons (Fsp3) is 0.381. The fourth-order valence-corrected chi connectivity index (χ4v) is 6.08. The van der Waals surface area contributed by atoms with Crippen LogP contribution in [0.15, 0.2) is 51.8 Å². The van der Waals surface area contributed by atoms with Gasteiger partial charge in [-0.25, -0.2) is 8.42 Å². The molecule has 2 aromatic rings. The predicted molar refractivity (Wildman–Crippen MR) is 128 cm³/mol. The Labute approximate surface area is 194 Å². The topological polar surface area (TPSA) is 66.5 Å². The van der Waals surface area contributed by atoms with Crippen LogP contribution in [0.5, 0.6) is 0 Å². The van der Waals surface area contributed by atoms with Crippen LogP contribution in [-0.2, 0) is 10.0 Å². The van der Waals surface area contributed by atoms with Crippen molar-refractivity contribution >= 4 is 60.1 Å². The Balaban J connectivity index is 1.75. The summed E-state index contributed by atoms with van der Waals surface area (Å²) >= 11 is 5.58. The molecule has 1 amide bonds. The van der Waals surface area contributed by atoms with Gasteiger partial charge in [0.2, 0.25) is 10.0 Å². The summed E-state index contributed by atoms with van der Waals surface area (Å²) in [5.41, 5.74) is 1.11. The molecule has 1 heterocycles. The first-order chi connectivity index (χ1) is 13.8. The minimum absolute atomic E-state index is 0.0815. The Bertz CT molecular complexity index is 978. The van der Waals surface area contributed by atoms with Gasteiger partial charge in [0.1, 0.15) is 0 Å². The second-order valence-electron chi connectivity index (χ2n) is 7.16. The Morgan fingerprint density at radius 2 is 1.93 bits per heavy atom. The number of nitrogens with zero attached hydrogens (tertiary/aromatic N) is 1. The van der Waals surface area contributed by atoms with E-state index in [1.807, 2.05) is 6.07 Å². The van der Waals surface area contributed by atoms with Gasteiger partial charge in [0.25, 0.3) is 5.91 Å². The number of anilines is 1. The third-order valence-electron chi connectivity index (χ3n) is 5.10. The lowest BCUT2D eigenvalue weighted by molar-refractivity contribution is 0.102. The summed E-state index contributed by atoms with van der Waals surface area (Å²) in [6, 6.07) is 11.9. The Morgan fingerprint density at radius 3 is 2.59 bits per heavy atom. The van der Waals surface area contributed by atoms with Crippen LogP contribution in [0.2, 0.25) is 0 Å². The second kappa shape index (κ2) is 9.89. The van der Waals surface area contributed by atoms with E-state index in [0.717, 1.165) is 40.1 Å². The van der Waals surface area contributed by atoms with Gasteiger partial charge >= 0.3 is 0 Å². The normalized spacial score (nSPS) is 17.8. The zero-order valence-electron chi connectivity index (χ0n) is 16.2. The molecule has 8 heteroatoms. The zero-order valence-corrected chi connectivity index (χ0v) is 20.8. The van der Waals surface area contributed by atoms with E-state index in [4.69, 9.17) is 0 Å². The van der Waals surface area contributed by atoms with E-state index in [-0.39, 0.29) is 16.8 Å². The number of sulfonamides is 1. The number of nitrogens with one attached hydrogen (secondary N) is 1. The maximum atomic E-state index is 13.1. The molecule has 3 rings (SSSR count). The number of hydrogen-bond acceptors (Lipinski definition) is 3. The predicted octanol–water partition coefficient (Wildman–Crippen LogP) is 5.65. The average molecular weight is 591 g/mol. The van der Waals surface area contributed by atoms with Crippen molar-refractivity contribution < 1.29 is 13.2 Å². The zero-order chi connectivity index (χ0) is 21.0. The second-order valence-corrected chi connectivity index (χ2v) is 11.1. The van der Waals surface area contributed by atoms with Gasteiger partial charge in [0.15, 0.2) is 0 Å². The fourth-order valence-electron chi connectivity index (χ4n) is 3.60. The molecule has 0 bridgehead atoms. The van der Waals surface area contributed by atoms with Crippen LogP contribution in [-0.4, -0.2) is 31.2 Å². The Hall–Kier alpha value is -0.970. The largest absolute Gasteiger partial charge is 0.322 e. The van der Waals surface area contributed by atoms with Crippen molar-refractivity contribution in [2.45, 2.75) is 50.0 Å². The third kappa shape index (κ3) is 5.39. The van der Waals surface area contributed by atoms with Gasteiger partial charge in [0.05, 0.1) is 4.90 Å². The highest BCUT2D eigenvalue weighted by Crippen LogP contribution is 2.28. The average Bonchev–Trinajstić information content (AvgIpc) is 2.71. The molecule has 156 valence electrons. The monoisotopic (exact) mass is 590 g/mol. The van der Waals surface area contributed by atoms with Crippen LogP contribution in [0, 0.1) is 3.57 Å². The Morgan fingerprint density at radius 1 is 1.21 bits per heavy atom. The summed E-state index contributed by atoms with van der Waals surface area (Å²) in [5, 5.41) is 2.83. The molecule has 0 spiro atoms. The van der Waals surface area contributed by atoms with Crippen molar-refractivity contribution in [1.82, 2.24) is 4.31 Å². The molecule has 1 fully saturated rings. The lowest BCUT2D eigenvalue weighted by Crippen LogP contribution is -2.43. The van der Waals surface area contributed by atoms with E-state index < -0.39 is 10.0 Å². The Kier molecular flexibility index (Phi) is 7.75. The number of amides is 1. The quantitative estimate of drug-likeness (QED) is 0.442. The van der Waals surface area contributed by atoms with Gasteiger partial charge in [0, 0.05) is 31.9 Å². The maximum absolute atomic E-state index is 13.1. The first-order valence-corrected chi connectivity index (χ1v) is 13.0. The molecule has 0 aliphatic carbocycles. The van der Waals surface area contributed by atoms with Gasteiger partial charge in [-0.3, -0.25) is 4.79 Å². The molecule has 2 aromatic carbocycles. The lowest BCUT2D eigenvalue weighted by atomic mass is 10.0. The van der Waals surface area contributed by atoms with Gasteiger partial charge in [-0.05, 0) is 100 Å². The molecular weight excluding hydrogens is 567 g/mol. The molecule has 0 radical (unpaired) electrons. The molecule has 5 nitrogen and oxygen atoms in total. The van der Waals surface area contributed by atoms with Crippen LogP contribution in [0.25, 0.3) is 0 Å². The number of carbonyl (C=O) groups excluding carboxylic acids is 1. The summed E-state index contributed by atoms with van der Waals surface area (Å²) in [6.45, 7) is 2.66. The van der Waals surface area contributed by atoms with E-state index in [2.05, 4.69) is 50.8 Å². The van der Waals surface area contributed by atoms with Crippen LogP contribution in [0.1, 0.15) is 49.4 Å². The van der Waals surface area contributed by atoms with Crippen molar-refractivity contribution in [3.63, 3.8) is 0 Å². The first kappa shape index (κ1) is 22.7. The van der Waals surface area contributed by atoms with Crippen molar-refractivity contribution in [2.24, 2.45) is 0 Å². The van der Waals surface area contributed by atoms with Crippen LogP contribution in [0.4, 0.5) is 5.69 Å². The van der Waals surface area contributed by atoms with E-state index in [0.29, 0.717) is 17.8 Å². The first-order valence-electron chi connectivity index (χ1n) is 9.71. The molecule has 1 saturated heterocycles. The summed E-state index contributed by atoms with van der Waals surface area (Å²) in [4.78, 5) is 12.7. The SMILES string of the molecule is CCC[C@H]1CCCCN1S(=O)(=O)c1ccc(NC(=O)c2ccc(Br)c(I)c2)cc1. The number of hydrogen-bond donors (Lipinski definition) is 1. The third-order valence-corrected chi connectivity index (χ3v) is 9.39. The molecule has 0 saturated carbocycles. The molecule has 29 heavy (non-hydrogen) atoms. The number of carbonyl (C=O) groups is 1. The van der Waals surface area contributed by atoms with Crippen molar-refractivity contribution in [3.8, 4) is 0 Å². The molecule has 1 atom stereocenters. The highest BCUT2D eigenvalue weighted by molar-refractivity contribution is 14.1. The summed E-state index contributed by atoms with van der Waals surface area (Å²) in [6.07, 6.45) is 4.76. The van der Waals surface area contributed by atoms with E-state index in [1.165, 1.54) is 0 Å². The van der Waals surface area contributed by atoms with Crippen molar-refractivity contribution in [1.29, 1.82) is 0 Å². The highest BCUT2D eigenvalue weighted by Gasteiger charge is 2.32. The number of piperidine rings is 1.